The number of benzene rings is 1. The predicted octanol–water partition coefficient (Wildman–Crippen LogP) is 3.69. The number of nitrogens with one attached hydrogen (secondary N) is 1. The van der Waals surface area contributed by atoms with Crippen molar-refractivity contribution in [2.24, 2.45) is 0 Å². The van der Waals surface area contributed by atoms with Crippen molar-refractivity contribution in [3.05, 3.63) is 44.3 Å². The maximum atomic E-state index is 13.1. The first-order valence-electron chi connectivity index (χ1n) is 5.21. The molecule has 0 aliphatic carbocycles. The van der Waals surface area contributed by atoms with Crippen LogP contribution in [0.3, 0.4) is 0 Å². The van der Waals surface area contributed by atoms with Crippen LogP contribution in [0, 0.1) is 5.82 Å². The molecule has 1 heterocycles. The molecule has 0 atom stereocenters. The van der Waals surface area contributed by atoms with Crippen molar-refractivity contribution in [2.45, 2.75) is 4.90 Å². The number of sulfonamides is 1. The van der Waals surface area contributed by atoms with E-state index in [1.54, 1.807) is 0 Å². The number of aromatic carboxylic acids is 1. The molecule has 0 aliphatic heterocycles. The van der Waals surface area contributed by atoms with Crippen molar-refractivity contribution in [3.63, 3.8) is 0 Å². The van der Waals surface area contributed by atoms with Gasteiger partial charge in [0.1, 0.15) is 15.0 Å². The van der Waals surface area contributed by atoms with Crippen molar-refractivity contribution in [2.75, 3.05) is 4.72 Å². The van der Waals surface area contributed by atoms with Gasteiger partial charge in [0.05, 0.1) is 15.6 Å². The zero-order valence-electron chi connectivity index (χ0n) is 9.93. The first kappa shape index (κ1) is 16.0. The number of carboxylic acids is 1. The van der Waals surface area contributed by atoms with Gasteiger partial charge in [-0.2, -0.15) is 0 Å². The van der Waals surface area contributed by atoms with Crippen LogP contribution < -0.4 is 4.72 Å². The zero-order valence-corrected chi connectivity index (χ0v) is 13.1. The third-order valence-electron chi connectivity index (χ3n) is 2.37. The Morgan fingerprint density at radius 2 is 1.95 bits per heavy atom. The number of hydrogen-bond acceptors (Lipinski definition) is 4. The molecule has 0 saturated heterocycles. The molecule has 5 nitrogen and oxygen atoms in total. The highest BCUT2D eigenvalue weighted by Gasteiger charge is 2.23. The average molecular weight is 370 g/mol. The summed E-state index contributed by atoms with van der Waals surface area (Å²) in [6, 6.07) is 3.80. The number of carboxylic acid groups (broad SMARTS) is 1. The van der Waals surface area contributed by atoms with Crippen LogP contribution >= 0.6 is 34.5 Å². The van der Waals surface area contributed by atoms with Crippen LogP contribution in [0.1, 0.15) is 10.4 Å². The first-order valence-corrected chi connectivity index (χ1v) is 8.27. The molecule has 10 heteroatoms. The van der Waals surface area contributed by atoms with Crippen LogP contribution in [0.2, 0.25) is 8.67 Å². The molecular formula is C11H6Cl2FNO4S2. The van der Waals surface area contributed by atoms with E-state index in [9.17, 15) is 17.6 Å². The Morgan fingerprint density at radius 1 is 1.29 bits per heavy atom. The highest BCUT2D eigenvalue weighted by molar-refractivity contribution is 7.93. The lowest BCUT2D eigenvalue weighted by Crippen LogP contribution is -2.15. The van der Waals surface area contributed by atoms with Gasteiger partial charge in [0.2, 0.25) is 0 Å². The van der Waals surface area contributed by atoms with E-state index in [4.69, 9.17) is 28.3 Å². The molecule has 2 aromatic rings. The summed E-state index contributed by atoms with van der Waals surface area (Å²) < 4.78 is 39.5. The Kier molecular flexibility index (Phi) is 4.43. The SMILES string of the molecule is O=C(O)c1cc(F)ccc1NS(=O)(=O)c1cc(Cl)sc1Cl. The Bertz CT molecular complexity index is 820. The lowest BCUT2D eigenvalue weighted by molar-refractivity contribution is 0.0697. The van der Waals surface area contributed by atoms with Crippen LogP contribution in [0.25, 0.3) is 0 Å². The van der Waals surface area contributed by atoms with E-state index in [2.05, 4.69) is 4.72 Å². The van der Waals surface area contributed by atoms with Gasteiger partial charge in [-0.3, -0.25) is 4.72 Å². The van der Waals surface area contributed by atoms with Crippen LogP contribution in [0.15, 0.2) is 29.2 Å². The second-order valence-electron chi connectivity index (χ2n) is 3.79. The molecule has 0 bridgehead atoms. The van der Waals surface area contributed by atoms with E-state index in [-0.39, 0.29) is 19.3 Å². The largest absolute Gasteiger partial charge is 0.478 e. The molecule has 0 amide bonds. The third-order valence-corrected chi connectivity index (χ3v) is 5.49. The minimum Gasteiger partial charge on any atom is -0.478 e. The molecular weight excluding hydrogens is 364 g/mol. The van der Waals surface area contributed by atoms with Gasteiger partial charge in [-0.25, -0.2) is 17.6 Å². The molecule has 0 fully saturated rings. The number of halogens is 3. The van der Waals surface area contributed by atoms with Gasteiger partial charge in [-0.15, -0.1) is 11.3 Å². The third kappa shape index (κ3) is 3.46. The van der Waals surface area contributed by atoms with Gasteiger partial charge in [0.25, 0.3) is 10.0 Å². The smallest absolute Gasteiger partial charge is 0.337 e. The van der Waals surface area contributed by atoms with Crippen LogP contribution in [-0.4, -0.2) is 19.5 Å². The molecule has 2 N–H and O–H groups in total. The fraction of sp³-hybridized carbons (Fsp3) is 0. The molecule has 2 rings (SSSR count). The van der Waals surface area contributed by atoms with Gasteiger partial charge in [0.15, 0.2) is 0 Å². The van der Waals surface area contributed by atoms with Gasteiger partial charge in [-0.1, -0.05) is 23.2 Å². The van der Waals surface area contributed by atoms with E-state index < -0.39 is 27.4 Å². The van der Waals surface area contributed by atoms with Crippen LogP contribution in [0.4, 0.5) is 10.1 Å². The molecule has 0 unspecified atom stereocenters. The van der Waals surface area contributed by atoms with E-state index in [1.165, 1.54) is 0 Å². The van der Waals surface area contributed by atoms with E-state index >= 15 is 0 Å². The van der Waals surface area contributed by atoms with Gasteiger partial charge in [-0.05, 0) is 24.3 Å². The monoisotopic (exact) mass is 369 g/mol. The Hall–Kier alpha value is -1.35. The summed E-state index contributed by atoms with van der Waals surface area (Å²) in [7, 11) is -4.13. The molecule has 1 aromatic heterocycles. The zero-order chi connectivity index (χ0) is 15.8. The summed E-state index contributed by atoms with van der Waals surface area (Å²) in [5, 5.41) is 8.97. The number of rotatable bonds is 4. The summed E-state index contributed by atoms with van der Waals surface area (Å²) in [5.74, 6) is -2.27. The fourth-order valence-electron chi connectivity index (χ4n) is 1.49. The standard InChI is InChI=1S/C11H6Cl2FNO4S2/c12-9-4-8(10(13)20-9)21(18,19)15-7-2-1-5(14)3-6(7)11(16)17/h1-4,15H,(H,16,17). The molecule has 0 radical (unpaired) electrons. The van der Waals surface area contributed by atoms with Gasteiger partial charge < -0.3 is 5.11 Å². The highest BCUT2D eigenvalue weighted by atomic mass is 35.5. The Balaban J connectivity index is 2.47. The van der Waals surface area contributed by atoms with Crippen LogP contribution in [-0.2, 0) is 10.0 Å². The Morgan fingerprint density at radius 3 is 2.48 bits per heavy atom. The summed E-state index contributed by atoms with van der Waals surface area (Å²) in [6.45, 7) is 0. The highest BCUT2D eigenvalue weighted by Crippen LogP contribution is 2.35. The summed E-state index contributed by atoms with van der Waals surface area (Å²) in [4.78, 5) is 10.7. The van der Waals surface area contributed by atoms with Crippen molar-refractivity contribution in [1.82, 2.24) is 0 Å². The van der Waals surface area contributed by atoms with Gasteiger partial charge >= 0.3 is 5.97 Å². The first-order chi connectivity index (χ1) is 9.70. The van der Waals surface area contributed by atoms with E-state index in [1.807, 2.05) is 0 Å². The number of hydrogen-bond donors (Lipinski definition) is 2. The quantitative estimate of drug-likeness (QED) is 0.860. The topological polar surface area (TPSA) is 83.5 Å². The molecule has 0 aliphatic rings. The van der Waals surface area contributed by atoms with Crippen molar-refractivity contribution in [1.29, 1.82) is 0 Å². The number of anilines is 1. The minimum absolute atomic E-state index is 0.0634. The minimum atomic E-state index is -4.13. The summed E-state index contributed by atoms with van der Waals surface area (Å²) in [6.07, 6.45) is 0. The molecule has 21 heavy (non-hydrogen) atoms. The lowest BCUT2D eigenvalue weighted by Gasteiger charge is -2.10. The van der Waals surface area contributed by atoms with Gasteiger partial charge in [0, 0.05) is 0 Å². The summed E-state index contributed by atoms with van der Waals surface area (Å²) in [5.41, 5.74) is -0.793. The van der Waals surface area contributed by atoms with Crippen molar-refractivity contribution in [3.8, 4) is 0 Å². The van der Waals surface area contributed by atoms with Crippen LogP contribution in [0.5, 0.6) is 0 Å². The van der Waals surface area contributed by atoms with Crippen molar-refractivity contribution >= 4 is 56.2 Å². The number of thiophene rings is 1. The fourth-order valence-corrected chi connectivity index (χ4v) is 4.72. The number of carbonyl (C=O) groups is 1. The van der Waals surface area contributed by atoms with E-state index in [0.717, 1.165) is 29.5 Å². The summed E-state index contributed by atoms with van der Waals surface area (Å²) >= 11 is 12.3. The lowest BCUT2D eigenvalue weighted by atomic mass is 10.2. The average Bonchev–Trinajstić information content (AvgIpc) is 2.71. The molecule has 0 saturated carbocycles. The predicted molar refractivity (Wildman–Crippen MR) is 78.5 cm³/mol. The van der Waals surface area contributed by atoms with Crippen molar-refractivity contribution < 1.29 is 22.7 Å². The maximum absolute atomic E-state index is 13.1. The second kappa shape index (κ2) is 5.80. The molecule has 0 spiro atoms. The Labute approximate surface area is 133 Å². The molecule has 112 valence electrons. The van der Waals surface area contributed by atoms with E-state index in [0.29, 0.717) is 6.07 Å². The normalized spacial score (nSPS) is 11.4. The second-order valence-corrected chi connectivity index (χ2v) is 7.73. The maximum Gasteiger partial charge on any atom is 0.337 e. The molecule has 1 aromatic carbocycles.